The van der Waals surface area contributed by atoms with Crippen molar-refractivity contribution in [1.82, 2.24) is 24.5 Å². The lowest BCUT2D eigenvalue weighted by molar-refractivity contribution is 0.205. The summed E-state index contributed by atoms with van der Waals surface area (Å²) in [5, 5.41) is 2.57. The molecule has 0 aromatic carbocycles. The Morgan fingerprint density at radius 1 is 1.00 bits per heavy atom. The SMILES string of the molecule is Clc1nc(NN2CCC(CC3CC3)CC2)c2ncn(C3CCCC3)c2n1. The molecule has 0 radical (unpaired) electrons. The first-order valence-electron chi connectivity index (χ1n) is 10.2. The zero-order chi connectivity index (χ0) is 17.5. The van der Waals surface area contributed by atoms with E-state index in [0.29, 0.717) is 11.3 Å². The minimum Gasteiger partial charge on any atom is -0.312 e. The van der Waals surface area contributed by atoms with Gasteiger partial charge in [-0.2, -0.15) is 9.97 Å². The predicted octanol–water partition coefficient (Wildman–Crippen LogP) is 4.43. The van der Waals surface area contributed by atoms with Crippen LogP contribution in [-0.2, 0) is 0 Å². The molecule has 2 saturated carbocycles. The number of hydrazine groups is 1. The van der Waals surface area contributed by atoms with Crippen LogP contribution < -0.4 is 5.43 Å². The Labute approximate surface area is 159 Å². The standard InChI is InChI=1S/C19H27ClN6/c20-19-22-17(24-25-9-7-14(8-10-25)11-13-5-6-13)16-18(23-19)26(12-21-16)15-3-1-2-4-15/h12-15H,1-11H2,(H,22,23,24). The van der Waals surface area contributed by atoms with E-state index >= 15 is 0 Å². The number of aromatic nitrogens is 4. The summed E-state index contributed by atoms with van der Waals surface area (Å²) in [4.78, 5) is 13.5. The molecule has 1 saturated heterocycles. The topological polar surface area (TPSA) is 58.9 Å². The molecule has 5 rings (SSSR count). The van der Waals surface area contributed by atoms with Crippen molar-refractivity contribution < 1.29 is 0 Å². The molecular formula is C19H27ClN6. The third-order valence-electron chi connectivity index (χ3n) is 6.35. The number of hydrogen-bond acceptors (Lipinski definition) is 5. The molecule has 140 valence electrons. The van der Waals surface area contributed by atoms with E-state index in [0.717, 1.165) is 41.9 Å². The largest absolute Gasteiger partial charge is 0.312 e. The minimum atomic E-state index is 0.295. The first-order chi connectivity index (χ1) is 12.8. The fourth-order valence-electron chi connectivity index (χ4n) is 4.67. The monoisotopic (exact) mass is 374 g/mol. The summed E-state index contributed by atoms with van der Waals surface area (Å²) in [5.74, 6) is 2.67. The third kappa shape index (κ3) is 3.41. The van der Waals surface area contributed by atoms with Crippen molar-refractivity contribution in [1.29, 1.82) is 0 Å². The lowest BCUT2D eigenvalue weighted by Gasteiger charge is -2.32. The van der Waals surface area contributed by atoms with Crippen molar-refractivity contribution in [3.63, 3.8) is 0 Å². The van der Waals surface area contributed by atoms with Gasteiger partial charge < -0.3 is 9.99 Å². The fraction of sp³-hybridized carbons (Fsp3) is 0.737. The Morgan fingerprint density at radius 3 is 2.46 bits per heavy atom. The van der Waals surface area contributed by atoms with Crippen molar-refractivity contribution in [3.05, 3.63) is 11.6 Å². The summed E-state index contributed by atoms with van der Waals surface area (Å²) in [5.41, 5.74) is 5.18. The summed E-state index contributed by atoms with van der Waals surface area (Å²) in [6.45, 7) is 2.12. The van der Waals surface area contributed by atoms with E-state index in [1.165, 1.54) is 57.8 Å². The van der Waals surface area contributed by atoms with Gasteiger partial charge in [0, 0.05) is 19.1 Å². The Kier molecular flexibility index (Phi) is 4.49. The van der Waals surface area contributed by atoms with Crippen LogP contribution in [0.5, 0.6) is 0 Å². The normalized spacial score (nSPS) is 23.1. The van der Waals surface area contributed by atoms with Crippen LogP contribution in [0.15, 0.2) is 6.33 Å². The van der Waals surface area contributed by atoms with E-state index in [9.17, 15) is 0 Å². The van der Waals surface area contributed by atoms with Crippen molar-refractivity contribution in [2.24, 2.45) is 11.8 Å². The zero-order valence-electron chi connectivity index (χ0n) is 15.2. The van der Waals surface area contributed by atoms with E-state index < -0.39 is 0 Å². The van der Waals surface area contributed by atoms with Crippen LogP contribution >= 0.6 is 11.6 Å². The second kappa shape index (κ2) is 6.97. The highest BCUT2D eigenvalue weighted by Crippen LogP contribution is 2.38. The molecule has 7 heteroatoms. The van der Waals surface area contributed by atoms with Crippen molar-refractivity contribution in [2.45, 2.75) is 63.8 Å². The molecule has 3 aliphatic rings. The Bertz CT molecular complexity index is 772. The lowest BCUT2D eigenvalue weighted by atomic mass is 9.92. The highest BCUT2D eigenvalue weighted by Gasteiger charge is 2.28. The number of anilines is 1. The number of hydrogen-bond donors (Lipinski definition) is 1. The number of imidazole rings is 1. The maximum absolute atomic E-state index is 6.24. The number of nitrogens with zero attached hydrogens (tertiary/aromatic N) is 5. The highest BCUT2D eigenvalue weighted by molar-refractivity contribution is 6.28. The lowest BCUT2D eigenvalue weighted by Crippen LogP contribution is -2.38. The van der Waals surface area contributed by atoms with Gasteiger partial charge in [-0.25, -0.2) is 9.99 Å². The van der Waals surface area contributed by atoms with Crippen LogP contribution in [0.1, 0.15) is 63.8 Å². The van der Waals surface area contributed by atoms with Crippen LogP contribution in [0.2, 0.25) is 5.28 Å². The van der Waals surface area contributed by atoms with Crippen LogP contribution in [0.3, 0.4) is 0 Å². The molecule has 2 aromatic rings. The van der Waals surface area contributed by atoms with E-state index in [1.54, 1.807) is 0 Å². The Balaban J connectivity index is 1.32. The number of halogens is 1. The Morgan fingerprint density at radius 2 is 1.73 bits per heavy atom. The average Bonchev–Trinajstić information content (AvgIpc) is 3.11. The zero-order valence-corrected chi connectivity index (χ0v) is 16.0. The molecule has 0 spiro atoms. The fourth-order valence-corrected chi connectivity index (χ4v) is 4.84. The summed E-state index contributed by atoms with van der Waals surface area (Å²) in [6, 6.07) is 0.497. The van der Waals surface area contributed by atoms with E-state index in [2.05, 4.69) is 30.0 Å². The second-order valence-corrected chi connectivity index (χ2v) is 8.66. The van der Waals surface area contributed by atoms with Gasteiger partial charge in [-0.3, -0.25) is 0 Å². The third-order valence-corrected chi connectivity index (χ3v) is 6.52. The number of nitrogens with one attached hydrogen (secondary N) is 1. The van der Waals surface area contributed by atoms with E-state index in [-0.39, 0.29) is 0 Å². The number of piperidine rings is 1. The first kappa shape index (κ1) is 16.8. The minimum absolute atomic E-state index is 0.295. The predicted molar refractivity (Wildman–Crippen MR) is 103 cm³/mol. The summed E-state index contributed by atoms with van der Waals surface area (Å²) in [6.07, 6.45) is 13.8. The molecule has 1 aliphatic heterocycles. The molecule has 3 heterocycles. The molecule has 3 fully saturated rings. The van der Waals surface area contributed by atoms with Gasteiger partial charge in [0.25, 0.3) is 0 Å². The molecular weight excluding hydrogens is 348 g/mol. The Hall–Kier alpha value is -1.40. The first-order valence-corrected chi connectivity index (χ1v) is 10.6. The quantitative estimate of drug-likeness (QED) is 0.784. The van der Waals surface area contributed by atoms with Crippen molar-refractivity contribution in [3.8, 4) is 0 Å². The van der Waals surface area contributed by atoms with Crippen molar-refractivity contribution >= 4 is 28.6 Å². The van der Waals surface area contributed by atoms with Gasteiger partial charge in [0.05, 0.1) is 6.33 Å². The smallest absolute Gasteiger partial charge is 0.226 e. The maximum Gasteiger partial charge on any atom is 0.226 e. The second-order valence-electron chi connectivity index (χ2n) is 8.32. The van der Waals surface area contributed by atoms with E-state index in [1.807, 2.05) is 6.33 Å². The molecule has 0 atom stereocenters. The van der Waals surface area contributed by atoms with Crippen LogP contribution in [0.25, 0.3) is 11.2 Å². The molecule has 2 aromatic heterocycles. The van der Waals surface area contributed by atoms with Gasteiger partial charge in [-0.05, 0) is 55.5 Å². The summed E-state index contributed by atoms with van der Waals surface area (Å²) >= 11 is 6.24. The molecule has 2 aliphatic carbocycles. The summed E-state index contributed by atoms with van der Waals surface area (Å²) in [7, 11) is 0. The molecule has 26 heavy (non-hydrogen) atoms. The van der Waals surface area contributed by atoms with Crippen LogP contribution in [0, 0.1) is 11.8 Å². The maximum atomic E-state index is 6.24. The van der Waals surface area contributed by atoms with Gasteiger partial charge in [0.1, 0.15) is 0 Å². The van der Waals surface area contributed by atoms with Gasteiger partial charge in [-0.15, -0.1) is 0 Å². The average molecular weight is 375 g/mol. The highest BCUT2D eigenvalue weighted by atomic mass is 35.5. The van der Waals surface area contributed by atoms with Crippen LogP contribution in [-0.4, -0.2) is 37.6 Å². The van der Waals surface area contributed by atoms with E-state index in [4.69, 9.17) is 11.6 Å². The summed E-state index contributed by atoms with van der Waals surface area (Å²) < 4.78 is 2.20. The molecule has 0 bridgehead atoms. The van der Waals surface area contributed by atoms with Gasteiger partial charge in [0.15, 0.2) is 17.0 Å². The van der Waals surface area contributed by atoms with Crippen LogP contribution in [0.4, 0.5) is 5.82 Å². The van der Waals surface area contributed by atoms with Crippen molar-refractivity contribution in [2.75, 3.05) is 18.5 Å². The molecule has 1 N–H and O–H groups in total. The van der Waals surface area contributed by atoms with Gasteiger partial charge in [-0.1, -0.05) is 25.7 Å². The molecule has 0 unspecified atom stereocenters. The number of rotatable bonds is 5. The molecule has 0 amide bonds. The molecule has 6 nitrogen and oxygen atoms in total. The number of fused-ring (bicyclic) bond motifs is 1. The van der Waals surface area contributed by atoms with Gasteiger partial charge in [0.2, 0.25) is 5.28 Å². The van der Waals surface area contributed by atoms with Gasteiger partial charge >= 0.3 is 0 Å².